The summed E-state index contributed by atoms with van der Waals surface area (Å²) in [7, 11) is 0. The minimum absolute atomic E-state index is 0.181. The highest BCUT2D eigenvalue weighted by molar-refractivity contribution is 7.99. The molecule has 150 valence electrons. The first kappa shape index (κ1) is 18.6. The number of benzene rings is 2. The summed E-state index contributed by atoms with van der Waals surface area (Å²) >= 11 is 1.49. The molecule has 0 aliphatic carbocycles. The summed E-state index contributed by atoms with van der Waals surface area (Å²) in [6.07, 6.45) is 1.79. The summed E-state index contributed by atoms with van der Waals surface area (Å²) in [5.41, 5.74) is 2.28. The molecule has 0 bridgehead atoms. The van der Waals surface area contributed by atoms with Gasteiger partial charge in [-0.2, -0.15) is 0 Å². The van der Waals surface area contributed by atoms with Crippen molar-refractivity contribution in [2.24, 2.45) is 0 Å². The van der Waals surface area contributed by atoms with Crippen LogP contribution in [0.2, 0.25) is 0 Å². The van der Waals surface area contributed by atoms with E-state index in [1.165, 1.54) is 22.5 Å². The van der Waals surface area contributed by atoms with Crippen LogP contribution in [-0.2, 0) is 17.8 Å². The van der Waals surface area contributed by atoms with Gasteiger partial charge >= 0.3 is 0 Å². The lowest BCUT2D eigenvalue weighted by Gasteiger charge is -2.14. The molecule has 8 heteroatoms. The van der Waals surface area contributed by atoms with Gasteiger partial charge in [0.15, 0.2) is 0 Å². The molecule has 1 saturated heterocycles. The third kappa shape index (κ3) is 3.75. The topological polar surface area (TPSA) is 78.0 Å². The Morgan fingerprint density at radius 1 is 1.10 bits per heavy atom. The minimum atomic E-state index is -0.521. The molecule has 1 aliphatic rings. The molecule has 7 nitrogen and oxygen atoms in total. The monoisotopic (exact) mass is 409 g/mol. The van der Waals surface area contributed by atoms with Crippen LogP contribution in [0.4, 0.5) is 0 Å². The number of fused-ring (bicyclic) bond motifs is 3. The van der Waals surface area contributed by atoms with E-state index in [-0.39, 0.29) is 6.10 Å². The Balaban J connectivity index is 1.30. The van der Waals surface area contributed by atoms with E-state index in [1.54, 1.807) is 4.68 Å². The molecule has 2 aromatic carbocycles. The van der Waals surface area contributed by atoms with Crippen molar-refractivity contribution in [2.45, 2.75) is 43.3 Å². The Labute approximate surface area is 172 Å². The lowest BCUT2D eigenvalue weighted by Crippen LogP contribution is -2.20. The molecular formula is C21H23N5O2S. The number of hydrogen-bond donors (Lipinski definition) is 1. The van der Waals surface area contributed by atoms with Gasteiger partial charge in [0.1, 0.15) is 0 Å². The molecule has 29 heavy (non-hydrogen) atoms. The van der Waals surface area contributed by atoms with Gasteiger partial charge in [0.2, 0.25) is 5.16 Å². The van der Waals surface area contributed by atoms with E-state index in [9.17, 15) is 5.11 Å². The second kappa shape index (κ2) is 8.14. The quantitative estimate of drug-likeness (QED) is 0.473. The average Bonchev–Trinajstić information content (AvgIpc) is 3.48. The van der Waals surface area contributed by atoms with Gasteiger partial charge in [0.25, 0.3) is 0 Å². The fourth-order valence-electron chi connectivity index (χ4n) is 4.03. The smallest absolute Gasteiger partial charge is 0.209 e. The number of ether oxygens (including phenoxy) is 1. The van der Waals surface area contributed by atoms with Crippen LogP contribution in [0.25, 0.3) is 21.8 Å². The molecule has 0 saturated carbocycles. The van der Waals surface area contributed by atoms with Crippen LogP contribution in [0.15, 0.2) is 53.7 Å². The number of rotatable bonds is 7. The molecule has 2 aromatic heterocycles. The zero-order chi connectivity index (χ0) is 19.6. The van der Waals surface area contributed by atoms with E-state index < -0.39 is 6.10 Å². The van der Waals surface area contributed by atoms with E-state index >= 15 is 0 Å². The van der Waals surface area contributed by atoms with Crippen molar-refractivity contribution in [2.75, 3.05) is 12.4 Å². The molecule has 0 amide bonds. The largest absolute Gasteiger partial charge is 0.390 e. The Morgan fingerprint density at radius 2 is 1.83 bits per heavy atom. The van der Waals surface area contributed by atoms with Crippen molar-refractivity contribution in [1.82, 2.24) is 24.8 Å². The molecule has 1 aliphatic heterocycles. The summed E-state index contributed by atoms with van der Waals surface area (Å²) in [6.45, 7) is 2.00. The maximum Gasteiger partial charge on any atom is 0.209 e. The van der Waals surface area contributed by atoms with Crippen LogP contribution >= 0.6 is 11.8 Å². The number of nitrogens with zero attached hydrogens (tertiary/aromatic N) is 5. The second-order valence-electron chi connectivity index (χ2n) is 7.39. The Bertz CT molecular complexity index is 1070. The van der Waals surface area contributed by atoms with Crippen LogP contribution in [0, 0.1) is 0 Å². The van der Waals surface area contributed by atoms with Crippen LogP contribution in [-0.4, -0.2) is 54.4 Å². The van der Waals surface area contributed by atoms with Crippen molar-refractivity contribution >= 4 is 33.6 Å². The molecule has 1 N–H and O–H groups in total. The molecule has 0 radical (unpaired) electrons. The van der Waals surface area contributed by atoms with Gasteiger partial charge in [-0.1, -0.05) is 48.2 Å². The van der Waals surface area contributed by atoms with E-state index in [1.807, 2.05) is 12.1 Å². The van der Waals surface area contributed by atoms with E-state index in [0.29, 0.717) is 18.8 Å². The van der Waals surface area contributed by atoms with Gasteiger partial charge in [-0.3, -0.25) is 0 Å². The van der Waals surface area contributed by atoms with E-state index in [0.717, 1.165) is 35.6 Å². The van der Waals surface area contributed by atoms with Crippen molar-refractivity contribution in [3.63, 3.8) is 0 Å². The predicted octanol–water partition coefficient (Wildman–Crippen LogP) is 3.11. The van der Waals surface area contributed by atoms with Gasteiger partial charge in [-0.15, -0.1) is 5.10 Å². The Hall–Kier alpha value is -2.42. The highest BCUT2D eigenvalue weighted by Gasteiger charge is 2.20. The van der Waals surface area contributed by atoms with Gasteiger partial charge < -0.3 is 14.4 Å². The maximum absolute atomic E-state index is 10.8. The molecule has 2 atom stereocenters. The SMILES string of the molecule is OC(CSc1nnnn1CC1CCCO1)Cn1c2ccccc2c2ccccc21. The number of thioether (sulfide) groups is 1. The number of aliphatic hydroxyl groups is 1. The molecule has 2 unspecified atom stereocenters. The number of para-hydroxylation sites is 2. The molecule has 4 aromatic rings. The first-order valence-electron chi connectivity index (χ1n) is 9.94. The molecule has 5 rings (SSSR count). The molecular weight excluding hydrogens is 386 g/mol. The zero-order valence-electron chi connectivity index (χ0n) is 16.0. The van der Waals surface area contributed by atoms with Crippen LogP contribution < -0.4 is 0 Å². The van der Waals surface area contributed by atoms with Crippen LogP contribution in [0.3, 0.4) is 0 Å². The Morgan fingerprint density at radius 3 is 2.52 bits per heavy atom. The minimum Gasteiger partial charge on any atom is -0.390 e. The molecule has 1 fully saturated rings. The third-order valence-electron chi connectivity index (χ3n) is 5.38. The first-order chi connectivity index (χ1) is 14.3. The first-order valence-corrected chi connectivity index (χ1v) is 10.9. The highest BCUT2D eigenvalue weighted by Crippen LogP contribution is 2.29. The number of tetrazole rings is 1. The highest BCUT2D eigenvalue weighted by atomic mass is 32.2. The Kier molecular flexibility index (Phi) is 5.22. The average molecular weight is 410 g/mol. The summed E-state index contributed by atoms with van der Waals surface area (Å²) < 4.78 is 9.67. The van der Waals surface area contributed by atoms with E-state index in [4.69, 9.17) is 4.74 Å². The van der Waals surface area contributed by atoms with Gasteiger partial charge in [0, 0.05) is 34.2 Å². The van der Waals surface area contributed by atoms with Crippen LogP contribution in [0.1, 0.15) is 12.8 Å². The predicted molar refractivity (Wildman–Crippen MR) is 113 cm³/mol. The van der Waals surface area contributed by atoms with Gasteiger partial charge in [0.05, 0.1) is 25.3 Å². The van der Waals surface area contributed by atoms with Gasteiger partial charge in [-0.05, 0) is 35.4 Å². The summed E-state index contributed by atoms with van der Waals surface area (Å²) in [6, 6.07) is 16.7. The van der Waals surface area contributed by atoms with Crippen molar-refractivity contribution < 1.29 is 9.84 Å². The third-order valence-corrected chi connectivity index (χ3v) is 6.48. The standard InChI is InChI=1S/C21H23N5O2S/c27-15(14-29-21-22-23-24-26(21)13-16-6-5-11-28-16)12-25-19-9-3-1-7-17(19)18-8-2-4-10-20(18)25/h1-4,7-10,15-16,27H,5-6,11-14H2. The lowest BCUT2D eigenvalue weighted by molar-refractivity contribution is 0.0911. The van der Waals surface area contributed by atoms with Gasteiger partial charge in [-0.25, -0.2) is 4.68 Å². The molecule has 3 heterocycles. The summed E-state index contributed by atoms with van der Waals surface area (Å²) in [5.74, 6) is 0.521. The maximum atomic E-state index is 10.8. The summed E-state index contributed by atoms with van der Waals surface area (Å²) in [5, 5.41) is 25.9. The normalized spacial score (nSPS) is 18.0. The lowest BCUT2D eigenvalue weighted by atomic mass is 10.2. The zero-order valence-corrected chi connectivity index (χ0v) is 16.8. The fraction of sp³-hybridized carbons (Fsp3) is 0.381. The van der Waals surface area contributed by atoms with E-state index in [2.05, 4.69) is 56.5 Å². The van der Waals surface area contributed by atoms with Crippen LogP contribution in [0.5, 0.6) is 0 Å². The number of aliphatic hydroxyl groups excluding tert-OH is 1. The molecule has 0 spiro atoms. The number of hydrogen-bond acceptors (Lipinski definition) is 6. The van der Waals surface area contributed by atoms with Crippen molar-refractivity contribution in [1.29, 1.82) is 0 Å². The van der Waals surface area contributed by atoms with Crippen molar-refractivity contribution in [3.05, 3.63) is 48.5 Å². The summed E-state index contributed by atoms with van der Waals surface area (Å²) in [4.78, 5) is 0. The second-order valence-corrected chi connectivity index (χ2v) is 8.38. The van der Waals surface area contributed by atoms with Crippen molar-refractivity contribution in [3.8, 4) is 0 Å². The number of aromatic nitrogens is 5. The fourth-order valence-corrected chi connectivity index (χ4v) is 4.83.